The van der Waals surface area contributed by atoms with Crippen LogP contribution >= 0.6 is 0 Å². The second kappa shape index (κ2) is 14.9. The highest BCUT2D eigenvalue weighted by Crippen LogP contribution is 2.33. The summed E-state index contributed by atoms with van der Waals surface area (Å²) in [6, 6.07) is 24.1. The molecule has 0 aliphatic heterocycles. The molecular formula is C32H40N4O3. The number of hydrogen-bond acceptors (Lipinski definition) is 4. The smallest absolute Gasteiger partial charge is 0.319 e. The van der Waals surface area contributed by atoms with Gasteiger partial charge in [0.25, 0.3) is 0 Å². The molecule has 206 valence electrons. The maximum atomic E-state index is 13.1. The van der Waals surface area contributed by atoms with Crippen molar-refractivity contribution < 1.29 is 14.3 Å². The maximum Gasteiger partial charge on any atom is 0.319 e. The molecule has 39 heavy (non-hydrogen) atoms. The molecule has 0 radical (unpaired) electrons. The number of amides is 3. The van der Waals surface area contributed by atoms with Crippen molar-refractivity contribution in [3.63, 3.8) is 0 Å². The van der Waals surface area contributed by atoms with Crippen LogP contribution in [0, 0.1) is 0 Å². The average Bonchev–Trinajstić information content (AvgIpc) is 2.98. The lowest BCUT2D eigenvalue weighted by Gasteiger charge is -2.22. The summed E-state index contributed by atoms with van der Waals surface area (Å²) in [6.45, 7) is 1.01. The number of rotatable bonds is 12. The topological polar surface area (TPSA) is 105 Å². The Morgan fingerprint density at radius 3 is 2.18 bits per heavy atom. The van der Waals surface area contributed by atoms with Crippen molar-refractivity contribution in [2.75, 3.05) is 17.2 Å². The van der Waals surface area contributed by atoms with Gasteiger partial charge in [0.2, 0.25) is 5.91 Å². The van der Waals surface area contributed by atoms with Crippen LogP contribution in [0.5, 0.6) is 5.75 Å². The zero-order valence-corrected chi connectivity index (χ0v) is 22.5. The summed E-state index contributed by atoms with van der Waals surface area (Å²) in [6.07, 6.45) is 8.39. The molecule has 5 N–H and O–H groups in total. The fourth-order valence-electron chi connectivity index (χ4n) is 4.97. The Morgan fingerprint density at radius 2 is 1.49 bits per heavy atom. The fourth-order valence-corrected chi connectivity index (χ4v) is 4.97. The van der Waals surface area contributed by atoms with Gasteiger partial charge in [0.15, 0.2) is 0 Å². The van der Waals surface area contributed by atoms with Crippen molar-refractivity contribution in [1.82, 2.24) is 5.32 Å². The molecule has 0 heterocycles. The third-order valence-corrected chi connectivity index (χ3v) is 7.18. The Balaban J connectivity index is 1.29. The van der Waals surface area contributed by atoms with E-state index in [1.807, 2.05) is 42.5 Å². The molecule has 3 amide bonds. The van der Waals surface area contributed by atoms with Crippen molar-refractivity contribution in [3.05, 3.63) is 90.0 Å². The van der Waals surface area contributed by atoms with Gasteiger partial charge in [-0.3, -0.25) is 4.79 Å². The first-order valence-corrected chi connectivity index (χ1v) is 14.1. The number of benzene rings is 3. The fraction of sp³-hybridized carbons (Fsp3) is 0.375. The van der Waals surface area contributed by atoms with Gasteiger partial charge in [0, 0.05) is 11.4 Å². The molecule has 0 unspecified atom stereocenters. The van der Waals surface area contributed by atoms with E-state index in [2.05, 4.69) is 28.1 Å². The van der Waals surface area contributed by atoms with E-state index in [9.17, 15) is 9.59 Å². The molecule has 1 fully saturated rings. The van der Waals surface area contributed by atoms with Gasteiger partial charge in [-0.25, -0.2) is 4.79 Å². The van der Waals surface area contributed by atoms with E-state index in [1.165, 1.54) is 37.7 Å². The molecule has 4 rings (SSSR count). The first-order valence-electron chi connectivity index (χ1n) is 14.1. The Bertz CT molecular complexity index is 1160. The van der Waals surface area contributed by atoms with E-state index in [4.69, 9.17) is 10.5 Å². The average molecular weight is 529 g/mol. The van der Waals surface area contributed by atoms with E-state index in [1.54, 1.807) is 24.3 Å². The lowest BCUT2D eigenvalue weighted by atomic mass is 9.84. The minimum absolute atomic E-state index is 0.239. The number of anilines is 2. The number of ether oxygens (including phenoxy) is 1. The summed E-state index contributed by atoms with van der Waals surface area (Å²) < 4.78 is 5.81. The third-order valence-electron chi connectivity index (χ3n) is 7.18. The van der Waals surface area contributed by atoms with Gasteiger partial charge in [0.05, 0.1) is 0 Å². The lowest BCUT2D eigenvalue weighted by molar-refractivity contribution is -0.118. The maximum absolute atomic E-state index is 13.1. The predicted octanol–water partition coefficient (Wildman–Crippen LogP) is 6.57. The predicted molar refractivity (Wildman–Crippen MR) is 157 cm³/mol. The largest absolute Gasteiger partial charge is 0.489 e. The number of nitrogens with two attached hydrogens (primary N) is 1. The zero-order chi connectivity index (χ0) is 27.3. The van der Waals surface area contributed by atoms with Crippen LogP contribution in [0.3, 0.4) is 0 Å². The van der Waals surface area contributed by atoms with Crippen molar-refractivity contribution in [2.45, 2.75) is 69.9 Å². The van der Waals surface area contributed by atoms with Gasteiger partial charge in [-0.2, -0.15) is 0 Å². The highest BCUT2D eigenvalue weighted by molar-refractivity contribution is 5.99. The third kappa shape index (κ3) is 9.14. The van der Waals surface area contributed by atoms with Crippen LogP contribution in [0.2, 0.25) is 0 Å². The van der Waals surface area contributed by atoms with Crippen LogP contribution in [-0.4, -0.2) is 24.5 Å². The normalized spacial score (nSPS) is 14.3. The van der Waals surface area contributed by atoms with Crippen LogP contribution in [-0.2, 0) is 11.4 Å². The van der Waals surface area contributed by atoms with Crippen LogP contribution < -0.4 is 26.4 Å². The van der Waals surface area contributed by atoms with Crippen LogP contribution in [0.1, 0.15) is 68.4 Å². The van der Waals surface area contributed by atoms with Crippen LogP contribution in [0.4, 0.5) is 16.2 Å². The number of nitrogens with one attached hydrogen (secondary N) is 3. The SMILES string of the molecule is NCCCC[C@@H](NC(=O)Nc1ccc(OCc2ccccc2)cc1)C(=O)Nc1ccc(C2CCCCC2)cc1. The van der Waals surface area contributed by atoms with E-state index in [-0.39, 0.29) is 5.91 Å². The molecule has 3 aromatic carbocycles. The summed E-state index contributed by atoms with van der Waals surface area (Å²) in [5.41, 5.74) is 9.41. The number of carbonyl (C=O) groups is 2. The molecule has 0 saturated heterocycles. The van der Waals surface area contributed by atoms with Crippen molar-refractivity contribution in [3.8, 4) is 5.75 Å². The molecule has 7 nitrogen and oxygen atoms in total. The Labute approximate surface area is 231 Å². The van der Waals surface area contributed by atoms with Gasteiger partial charge in [-0.1, -0.05) is 61.7 Å². The van der Waals surface area contributed by atoms with Gasteiger partial charge in [0.1, 0.15) is 18.4 Å². The molecule has 1 aliphatic carbocycles. The minimum atomic E-state index is -0.678. The Hall–Kier alpha value is -3.84. The summed E-state index contributed by atoms with van der Waals surface area (Å²) in [5.74, 6) is 1.08. The van der Waals surface area contributed by atoms with Crippen molar-refractivity contribution in [1.29, 1.82) is 0 Å². The molecule has 0 spiro atoms. The Morgan fingerprint density at radius 1 is 0.821 bits per heavy atom. The summed E-state index contributed by atoms with van der Waals surface area (Å²) in [4.78, 5) is 25.9. The monoisotopic (exact) mass is 528 g/mol. The number of hydrogen-bond donors (Lipinski definition) is 4. The van der Waals surface area contributed by atoms with Gasteiger partial charge in [-0.05, 0) is 92.1 Å². The second-order valence-corrected chi connectivity index (χ2v) is 10.2. The van der Waals surface area contributed by atoms with Crippen LogP contribution in [0.25, 0.3) is 0 Å². The first-order chi connectivity index (χ1) is 19.1. The second-order valence-electron chi connectivity index (χ2n) is 10.2. The number of urea groups is 1. The standard InChI is InChI=1S/C32H40N4O3/c33-22-8-7-13-30(31(37)34-27-16-14-26(15-17-27)25-11-5-2-6-12-25)36-32(38)35-28-18-20-29(21-19-28)39-23-24-9-3-1-4-10-24/h1,3-4,9-10,14-21,25,30H,2,5-8,11-13,22-23,33H2,(H,34,37)(H2,35,36,38)/t30-/m1/s1. The quantitative estimate of drug-likeness (QED) is 0.200. The molecule has 7 heteroatoms. The summed E-state index contributed by atoms with van der Waals surface area (Å²) >= 11 is 0. The molecule has 1 aliphatic rings. The first kappa shape index (κ1) is 28.2. The summed E-state index contributed by atoms with van der Waals surface area (Å²) in [7, 11) is 0. The molecule has 3 aromatic rings. The van der Waals surface area contributed by atoms with Crippen molar-refractivity contribution >= 4 is 23.3 Å². The molecular weight excluding hydrogens is 488 g/mol. The number of unbranched alkanes of at least 4 members (excludes halogenated alkanes) is 1. The molecule has 1 saturated carbocycles. The van der Waals surface area contributed by atoms with E-state index < -0.39 is 12.1 Å². The van der Waals surface area contributed by atoms with Gasteiger partial charge in [-0.15, -0.1) is 0 Å². The minimum Gasteiger partial charge on any atom is -0.489 e. The zero-order valence-electron chi connectivity index (χ0n) is 22.5. The van der Waals surface area contributed by atoms with Gasteiger partial charge >= 0.3 is 6.03 Å². The van der Waals surface area contributed by atoms with E-state index in [0.717, 1.165) is 24.1 Å². The molecule has 0 bridgehead atoms. The molecule has 0 aromatic heterocycles. The van der Waals surface area contributed by atoms with Crippen molar-refractivity contribution in [2.24, 2.45) is 5.73 Å². The van der Waals surface area contributed by atoms with E-state index >= 15 is 0 Å². The molecule has 1 atom stereocenters. The Kier molecular flexibility index (Phi) is 10.8. The lowest BCUT2D eigenvalue weighted by Crippen LogP contribution is -2.45. The summed E-state index contributed by atoms with van der Waals surface area (Å²) in [5, 5.41) is 8.62. The number of carbonyl (C=O) groups excluding carboxylic acids is 2. The van der Waals surface area contributed by atoms with E-state index in [0.29, 0.717) is 36.9 Å². The van der Waals surface area contributed by atoms with Crippen LogP contribution in [0.15, 0.2) is 78.9 Å². The highest BCUT2D eigenvalue weighted by Gasteiger charge is 2.21. The highest BCUT2D eigenvalue weighted by atomic mass is 16.5. The van der Waals surface area contributed by atoms with Gasteiger partial charge < -0.3 is 26.4 Å².